The van der Waals surface area contributed by atoms with E-state index < -0.39 is 0 Å². The Bertz CT molecular complexity index is 4200. The molecule has 14 aromatic rings. The van der Waals surface area contributed by atoms with Crippen molar-refractivity contribution in [2.24, 2.45) is 0 Å². The van der Waals surface area contributed by atoms with E-state index in [0.717, 1.165) is 87.9 Å². The number of fused-ring (bicyclic) bond motifs is 13. The van der Waals surface area contributed by atoms with E-state index in [1.807, 2.05) is 18.2 Å². The van der Waals surface area contributed by atoms with Crippen LogP contribution in [-0.4, -0.2) is 24.1 Å². The number of para-hydroxylation sites is 3. The second-order valence-electron chi connectivity index (χ2n) is 16.4. The van der Waals surface area contributed by atoms with Crippen molar-refractivity contribution < 1.29 is 4.42 Å². The van der Waals surface area contributed by atoms with Crippen molar-refractivity contribution >= 4 is 97.1 Å². The molecule has 0 fully saturated rings. The fourth-order valence-corrected chi connectivity index (χ4v) is 11.0. The second kappa shape index (κ2) is 13.6. The van der Waals surface area contributed by atoms with Crippen LogP contribution in [0.2, 0.25) is 0 Å². The Kier molecular flexibility index (Phi) is 7.46. The minimum absolute atomic E-state index is 0.547. The highest BCUT2D eigenvalue weighted by molar-refractivity contribution is 7.25. The van der Waals surface area contributed by atoms with Gasteiger partial charge in [0.2, 0.25) is 5.95 Å². The molecule has 64 heavy (non-hydrogen) atoms. The summed E-state index contributed by atoms with van der Waals surface area (Å²) in [7, 11) is 0. The highest BCUT2D eigenvalue weighted by Crippen LogP contribution is 2.44. The van der Waals surface area contributed by atoms with Crippen molar-refractivity contribution in [3.63, 3.8) is 0 Å². The molecule has 0 saturated heterocycles. The molecule has 0 spiro atoms. The summed E-state index contributed by atoms with van der Waals surface area (Å²) in [6.45, 7) is 0. The number of furan rings is 1. The summed E-state index contributed by atoms with van der Waals surface area (Å²) in [6.07, 6.45) is 0. The van der Waals surface area contributed by atoms with Gasteiger partial charge in [0.1, 0.15) is 5.58 Å². The van der Waals surface area contributed by atoms with Crippen LogP contribution in [0.3, 0.4) is 0 Å². The molecule has 298 valence electrons. The van der Waals surface area contributed by atoms with Crippen molar-refractivity contribution in [3.8, 4) is 45.5 Å². The average Bonchev–Trinajstić information content (AvgIpc) is 4.12. The fraction of sp³-hybridized carbons (Fsp3) is 0. The smallest absolute Gasteiger partial charge is 0.238 e. The molecular weight excluding hydrogens is 803 g/mol. The molecule has 5 aromatic heterocycles. The van der Waals surface area contributed by atoms with Gasteiger partial charge in [-0.15, -0.1) is 11.3 Å². The standard InChI is InChI=1S/C57H33N5OS/c1-3-14-34(15-4-1)36-27-31-49-45(32-36)44-21-13-24-48(54(44)63-49)61-46-22-10-7-18-38(46)42-29-30-43-39-19-8-11-23-47(39)62(53(43)52(42)61)57-59-55(35-16-5-2-6-17-35)58-56(60-57)37-26-28-41-40-20-9-12-25-50(40)64-51(41)33-37/h1-33H. The maximum Gasteiger partial charge on any atom is 0.238 e. The Balaban J connectivity index is 1.08. The first-order chi connectivity index (χ1) is 31.7. The maximum atomic E-state index is 6.90. The van der Waals surface area contributed by atoms with Gasteiger partial charge in [-0.1, -0.05) is 158 Å². The summed E-state index contributed by atoms with van der Waals surface area (Å²) in [6, 6.07) is 70.7. The van der Waals surface area contributed by atoms with Gasteiger partial charge in [-0.05, 0) is 53.6 Å². The minimum Gasteiger partial charge on any atom is -0.454 e. The van der Waals surface area contributed by atoms with Crippen LogP contribution < -0.4 is 0 Å². The lowest BCUT2D eigenvalue weighted by atomic mass is 10.0. The van der Waals surface area contributed by atoms with Gasteiger partial charge in [-0.2, -0.15) is 9.97 Å². The Morgan fingerprint density at radius 2 is 0.938 bits per heavy atom. The van der Waals surface area contributed by atoms with Crippen molar-refractivity contribution in [2.75, 3.05) is 0 Å². The summed E-state index contributed by atoms with van der Waals surface area (Å²) in [5, 5.41) is 9.12. The van der Waals surface area contributed by atoms with Crippen LogP contribution in [0.5, 0.6) is 0 Å². The Labute approximate surface area is 369 Å². The molecule has 0 radical (unpaired) electrons. The van der Waals surface area contributed by atoms with Gasteiger partial charge in [-0.3, -0.25) is 4.57 Å². The predicted octanol–water partition coefficient (Wildman–Crippen LogP) is 15.3. The van der Waals surface area contributed by atoms with Crippen molar-refractivity contribution in [2.45, 2.75) is 0 Å². The molecule has 0 amide bonds. The van der Waals surface area contributed by atoms with Gasteiger partial charge in [0.05, 0.1) is 27.8 Å². The fourth-order valence-electron chi connectivity index (χ4n) is 9.90. The predicted molar refractivity (Wildman–Crippen MR) is 265 cm³/mol. The summed E-state index contributed by atoms with van der Waals surface area (Å²) in [4.78, 5) is 16.0. The molecule has 5 heterocycles. The molecule has 0 aliphatic carbocycles. The number of benzene rings is 9. The van der Waals surface area contributed by atoms with E-state index in [4.69, 9.17) is 19.4 Å². The van der Waals surface area contributed by atoms with Crippen molar-refractivity contribution in [1.29, 1.82) is 0 Å². The summed E-state index contributed by atoms with van der Waals surface area (Å²) in [5.41, 5.74) is 11.0. The lowest BCUT2D eigenvalue weighted by molar-refractivity contribution is 0.666. The lowest BCUT2D eigenvalue weighted by Crippen LogP contribution is -2.07. The zero-order valence-corrected chi connectivity index (χ0v) is 34.9. The zero-order chi connectivity index (χ0) is 41.9. The third-order valence-corrected chi connectivity index (χ3v) is 13.9. The highest BCUT2D eigenvalue weighted by Gasteiger charge is 2.25. The molecule has 0 atom stereocenters. The SMILES string of the molecule is c1ccc(-c2ccc3oc4c(-n5c6ccccc6c6ccc7c8ccccc8n(-c8nc(-c9ccccc9)nc(-c9ccc%10c(c9)sc9ccccc9%10)n8)c7c65)cccc4c3c2)cc1. The van der Waals surface area contributed by atoms with E-state index in [9.17, 15) is 0 Å². The van der Waals surface area contributed by atoms with Crippen LogP contribution in [0.15, 0.2) is 205 Å². The normalized spacial score (nSPS) is 12.1. The molecule has 0 aliphatic heterocycles. The largest absolute Gasteiger partial charge is 0.454 e. The third kappa shape index (κ3) is 5.16. The first-order valence-corrected chi connectivity index (χ1v) is 22.3. The molecule has 0 saturated carbocycles. The average molecular weight is 836 g/mol. The van der Waals surface area contributed by atoms with E-state index >= 15 is 0 Å². The van der Waals surface area contributed by atoms with Gasteiger partial charge in [0, 0.05) is 63.6 Å². The summed E-state index contributed by atoms with van der Waals surface area (Å²) < 4.78 is 14.0. The van der Waals surface area contributed by atoms with E-state index in [1.165, 1.54) is 25.7 Å². The lowest BCUT2D eigenvalue weighted by Gasteiger charge is -2.13. The first kappa shape index (κ1) is 35.2. The van der Waals surface area contributed by atoms with E-state index in [0.29, 0.717) is 17.6 Å². The second-order valence-corrected chi connectivity index (χ2v) is 17.4. The number of hydrogen-bond donors (Lipinski definition) is 0. The van der Waals surface area contributed by atoms with Crippen molar-refractivity contribution in [3.05, 3.63) is 200 Å². The molecule has 0 N–H and O–H groups in total. The number of nitrogens with zero attached hydrogens (tertiary/aromatic N) is 5. The molecular formula is C57H33N5OS. The number of hydrogen-bond acceptors (Lipinski definition) is 5. The van der Waals surface area contributed by atoms with Crippen LogP contribution in [-0.2, 0) is 0 Å². The third-order valence-electron chi connectivity index (χ3n) is 12.8. The van der Waals surface area contributed by atoms with Gasteiger partial charge < -0.3 is 8.98 Å². The van der Waals surface area contributed by atoms with Gasteiger partial charge in [0.25, 0.3) is 0 Å². The van der Waals surface area contributed by atoms with Crippen LogP contribution in [0.4, 0.5) is 0 Å². The molecule has 0 unspecified atom stereocenters. The van der Waals surface area contributed by atoms with Crippen LogP contribution in [0.1, 0.15) is 0 Å². The van der Waals surface area contributed by atoms with Crippen LogP contribution >= 0.6 is 11.3 Å². The van der Waals surface area contributed by atoms with Crippen LogP contribution in [0, 0.1) is 0 Å². The molecule has 0 aliphatic rings. The maximum absolute atomic E-state index is 6.90. The first-order valence-electron chi connectivity index (χ1n) is 21.4. The van der Waals surface area contributed by atoms with Gasteiger partial charge in [0.15, 0.2) is 17.2 Å². The summed E-state index contributed by atoms with van der Waals surface area (Å²) >= 11 is 1.79. The monoisotopic (exact) mass is 835 g/mol. The topological polar surface area (TPSA) is 61.7 Å². The Morgan fingerprint density at radius 3 is 1.70 bits per heavy atom. The number of aromatic nitrogens is 5. The van der Waals surface area contributed by atoms with Gasteiger partial charge in [-0.25, -0.2) is 4.98 Å². The van der Waals surface area contributed by atoms with Crippen molar-refractivity contribution in [1.82, 2.24) is 24.1 Å². The molecule has 14 rings (SSSR count). The van der Waals surface area contributed by atoms with E-state index in [2.05, 4.69) is 191 Å². The molecule has 7 heteroatoms. The van der Waals surface area contributed by atoms with Gasteiger partial charge >= 0.3 is 0 Å². The van der Waals surface area contributed by atoms with E-state index in [1.54, 1.807) is 11.3 Å². The zero-order valence-electron chi connectivity index (χ0n) is 34.1. The minimum atomic E-state index is 0.547. The van der Waals surface area contributed by atoms with Crippen LogP contribution in [0.25, 0.3) is 131 Å². The van der Waals surface area contributed by atoms with E-state index in [-0.39, 0.29) is 0 Å². The Hall–Kier alpha value is -8.39. The highest BCUT2D eigenvalue weighted by atomic mass is 32.1. The number of rotatable bonds is 5. The number of thiophene rings is 1. The molecule has 9 aromatic carbocycles. The quantitative estimate of drug-likeness (QED) is 0.173. The Morgan fingerprint density at radius 1 is 0.359 bits per heavy atom. The molecule has 6 nitrogen and oxygen atoms in total. The summed E-state index contributed by atoms with van der Waals surface area (Å²) in [5.74, 6) is 1.77. The molecule has 0 bridgehead atoms.